The van der Waals surface area contributed by atoms with Crippen LogP contribution in [-0.2, 0) is 19.1 Å². The quantitative estimate of drug-likeness (QED) is 0.301. The van der Waals surface area contributed by atoms with Crippen molar-refractivity contribution in [2.45, 2.75) is 52.4 Å². The molecule has 0 fully saturated rings. The largest absolute Gasteiger partial charge is 0.484 e. The molecule has 1 unspecified atom stereocenters. The maximum atomic E-state index is 11.8. The minimum Gasteiger partial charge on any atom is -0.484 e. The summed E-state index contributed by atoms with van der Waals surface area (Å²) in [4.78, 5) is 34.9. The number of carbonyl (C=O) groups excluding carboxylic acids is 3. The van der Waals surface area contributed by atoms with E-state index in [9.17, 15) is 14.4 Å². The summed E-state index contributed by atoms with van der Waals surface area (Å²) in [7, 11) is 0. The predicted molar refractivity (Wildman–Crippen MR) is 113 cm³/mol. The molecule has 8 nitrogen and oxygen atoms in total. The lowest BCUT2D eigenvalue weighted by Crippen LogP contribution is -2.49. The number of hydrazine groups is 1. The smallest absolute Gasteiger partial charge is 0.306 e. The van der Waals surface area contributed by atoms with E-state index >= 15 is 0 Å². The molecule has 0 bridgehead atoms. The lowest BCUT2D eigenvalue weighted by atomic mass is 9.99. The lowest BCUT2D eigenvalue weighted by Gasteiger charge is -2.12. The van der Waals surface area contributed by atoms with Crippen LogP contribution >= 0.6 is 12.2 Å². The van der Waals surface area contributed by atoms with Crippen molar-refractivity contribution in [1.29, 1.82) is 0 Å². The van der Waals surface area contributed by atoms with Crippen molar-refractivity contribution >= 4 is 35.1 Å². The molecule has 9 heteroatoms. The van der Waals surface area contributed by atoms with Crippen molar-refractivity contribution in [3.63, 3.8) is 0 Å². The summed E-state index contributed by atoms with van der Waals surface area (Å²) < 4.78 is 10.3. The Morgan fingerprint density at radius 1 is 1.03 bits per heavy atom. The molecule has 0 radical (unpaired) electrons. The van der Waals surface area contributed by atoms with Crippen molar-refractivity contribution < 1.29 is 23.9 Å². The molecule has 0 saturated heterocycles. The molecule has 160 valence electrons. The van der Waals surface area contributed by atoms with Gasteiger partial charge >= 0.3 is 5.97 Å². The highest BCUT2D eigenvalue weighted by Gasteiger charge is 2.10. The van der Waals surface area contributed by atoms with E-state index < -0.39 is 17.8 Å². The van der Waals surface area contributed by atoms with E-state index in [1.165, 1.54) is 5.56 Å². The fraction of sp³-hybridized carbons (Fsp3) is 0.500. The monoisotopic (exact) mass is 423 g/mol. The summed E-state index contributed by atoms with van der Waals surface area (Å²) in [6.07, 6.45) is 1.67. The summed E-state index contributed by atoms with van der Waals surface area (Å²) in [5.74, 6) is -0.310. The van der Waals surface area contributed by atoms with E-state index in [4.69, 9.17) is 21.7 Å². The third-order valence-corrected chi connectivity index (χ3v) is 4.23. The zero-order valence-corrected chi connectivity index (χ0v) is 17.9. The zero-order chi connectivity index (χ0) is 21.6. The number of amides is 2. The van der Waals surface area contributed by atoms with Crippen molar-refractivity contribution in [2.24, 2.45) is 0 Å². The number of hydrogen-bond donors (Lipinski definition) is 3. The molecule has 2 amide bonds. The number of benzene rings is 1. The molecule has 29 heavy (non-hydrogen) atoms. The predicted octanol–water partition coefficient (Wildman–Crippen LogP) is 2.33. The number of carbonyl (C=O) groups is 3. The van der Waals surface area contributed by atoms with E-state index in [0.717, 1.165) is 12.8 Å². The van der Waals surface area contributed by atoms with Crippen LogP contribution in [0, 0.1) is 0 Å². The van der Waals surface area contributed by atoms with Crippen LogP contribution in [0.3, 0.4) is 0 Å². The topological polar surface area (TPSA) is 106 Å². The minimum atomic E-state index is -0.462. The molecular formula is C20H29N3O5S. The van der Waals surface area contributed by atoms with Crippen LogP contribution in [0.25, 0.3) is 0 Å². The molecule has 0 spiro atoms. The van der Waals surface area contributed by atoms with Gasteiger partial charge < -0.3 is 14.8 Å². The van der Waals surface area contributed by atoms with E-state index in [2.05, 4.69) is 30.0 Å². The Hall–Kier alpha value is -2.68. The lowest BCUT2D eigenvalue weighted by molar-refractivity contribution is -0.144. The first-order valence-corrected chi connectivity index (χ1v) is 10.0. The van der Waals surface area contributed by atoms with Gasteiger partial charge in [0.2, 0.25) is 5.91 Å². The molecule has 1 rings (SSSR count). The van der Waals surface area contributed by atoms with Crippen molar-refractivity contribution in [3.05, 3.63) is 29.8 Å². The number of nitrogens with one attached hydrogen (secondary N) is 3. The zero-order valence-electron chi connectivity index (χ0n) is 17.1. The SMILES string of the molecule is CCCOC(=O)CCC(=O)NC(=S)NNC(=O)COc1ccc(C(C)CC)cc1. The van der Waals surface area contributed by atoms with Gasteiger partial charge in [-0.3, -0.25) is 25.2 Å². The molecular weight excluding hydrogens is 394 g/mol. The standard InChI is InChI=1S/C20H29N3O5S/c1-4-12-27-19(26)11-10-17(24)21-20(29)23-22-18(25)13-28-16-8-6-15(7-9-16)14(3)5-2/h6-9,14H,4-5,10-13H2,1-3H3,(H,22,25)(H2,21,23,24,29). The first kappa shape index (κ1) is 24.4. The first-order valence-electron chi connectivity index (χ1n) is 9.62. The van der Waals surface area contributed by atoms with Gasteiger partial charge in [-0.05, 0) is 48.7 Å². The van der Waals surface area contributed by atoms with E-state index in [0.29, 0.717) is 18.3 Å². The second-order valence-electron chi connectivity index (χ2n) is 6.44. The molecule has 3 N–H and O–H groups in total. The third kappa shape index (κ3) is 10.4. The molecule has 1 aromatic carbocycles. The van der Waals surface area contributed by atoms with Gasteiger partial charge in [0.25, 0.3) is 5.91 Å². The van der Waals surface area contributed by atoms with Gasteiger partial charge in [0.1, 0.15) is 5.75 Å². The molecule has 0 heterocycles. The summed E-state index contributed by atoms with van der Waals surface area (Å²) in [5, 5.41) is 2.28. The number of rotatable bonds is 10. The van der Waals surface area contributed by atoms with Crippen molar-refractivity contribution in [1.82, 2.24) is 16.2 Å². The average molecular weight is 424 g/mol. The maximum Gasteiger partial charge on any atom is 0.306 e. The Morgan fingerprint density at radius 3 is 2.34 bits per heavy atom. The summed E-state index contributed by atoms with van der Waals surface area (Å²) in [6, 6.07) is 7.59. The normalized spacial score (nSPS) is 11.1. The van der Waals surface area contributed by atoms with Gasteiger partial charge in [-0.25, -0.2) is 0 Å². The van der Waals surface area contributed by atoms with Crippen LogP contribution in [0.5, 0.6) is 5.75 Å². The highest BCUT2D eigenvalue weighted by Crippen LogP contribution is 2.21. The highest BCUT2D eigenvalue weighted by molar-refractivity contribution is 7.80. The molecule has 0 aliphatic heterocycles. The van der Waals surface area contributed by atoms with Gasteiger partial charge in [0.15, 0.2) is 11.7 Å². The van der Waals surface area contributed by atoms with Crippen LogP contribution in [0.2, 0.25) is 0 Å². The first-order chi connectivity index (χ1) is 13.8. The van der Waals surface area contributed by atoms with Gasteiger partial charge in [0, 0.05) is 6.42 Å². The Labute approximate surface area is 176 Å². The molecule has 0 saturated carbocycles. The van der Waals surface area contributed by atoms with Crippen LogP contribution in [-0.4, -0.2) is 36.1 Å². The summed E-state index contributed by atoms with van der Waals surface area (Å²) in [6.45, 7) is 6.27. The Kier molecular flexibility index (Phi) is 11.3. The van der Waals surface area contributed by atoms with Crippen molar-refractivity contribution in [3.8, 4) is 5.75 Å². The van der Waals surface area contributed by atoms with Gasteiger partial charge in [-0.1, -0.05) is 32.9 Å². The maximum absolute atomic E-state index is 11.8. The van der Waals surface area contributed by atoms with Crippen LogP contribution in [0.1, 0.15) is 57.9 Å². The minimum absolute atomic E-state index is 0.0372. The summed E-state index contributed by atoms with van der Waals surface area (Å²) in [5.41, 5.74) is 5.95. The van der Waals surface area contributed by atoms with E-state index in [-0.39, 0.29) is 24.6 Å². The highest BCUT2D eigenvalue weighted by atomic mass is 32.1. The molecule has 0 aliphatic rings. The van der Waals surface area contributed by atoms with E-state index in [1.807, 2.05) is 31.2 Å². The summed E-state index contributed by atoms with van der Waals surface area (Å²) >= 11 is 4.91. The van der Waals surface area contributed by atoms with E-state index in [1.54, 1.807) is 0 Å². The fourth-order valence-corrected chi connectivity index (χ4v) is 2.33. The fourth-order valence-electron chi connectivity index (χ4n) is 2.16. The van der Waals surface area contributed by atoms with Crippen LogP contribution in [0.15, 0.2) is 24.3 Å². The molecule has 0 aliphatic carbocycles. The third-order valence-electron chi connectivity index (χ3n) is 4.02. The Bertz CT molecular complexity index is 694. The second-order valence-corrected chi connectivity index (χ2v) is 6.85. The number of ether oxygens (including phenoxy) is 2. The van der Waals surface area contributed by atoms with Gasteiger partial charge in [-0.2, -0.15) is 0 Å². The van der Waals surface area contributed by atoms with Crippen molar-refractivity contribution in [2.75, 3.05) is 13.2 Å². The Morgan fingerprint density at radius 2 is 1.72 bits per heavy atom. The molecule has 0 aromatic heterocycles. The number of thiocarbonyl (C=S) groups is 1. The molecule has 1 atom stereocenters. The molecule has 1 aromatic rings. The van der Waals surface area contributed by atoms with Crippen LogP contribution in [0.4, 0.5) is 0 Å². The number of esters is 1. The van der Waals surface area contributed by atoms with Crippen LogP contribution < -0.4 is 20.9 Å². The van der Waals surface area contributed by atoms with Gasteiger partial charge in [0.05, 0.1) is 13.0 Å². The number of hydrogen-bond acceptors (Lipinski definition) is 6. The van der Waals surface area contributed by atoms with Gasteiger partial charge in [-0.15, -0.1) is 0 Å². The second kappa shape index (κ2) is 13.5. The Balaban J connectivity index is 2.24. The average Bonchev–Trinajstić information content (AvgIpc) is 2.73.